The van der Waals surface area contributed by atoms with Gasteiger partial charge in [0.25, 0.3) is 11.7 Å². The Morgan fingerprint density at radius 2 is 1.67 bits per heavy atom. The molecule has 0 spiro atoms. The van der Waals surface area contributed by atoms with E-state index in [2.05, 4.69) is 15.3 Å². The van der Waals surface area contributed by atoms with Crippen LogP contribution in [0.1, 0.15) is 76.4 Å². The first-order chi connectivity index (χ1) is 27.3. The largest absolute Gasteiger partial charge is 0.507 e. The van der Waals surface area contributed by atoms with Gasteiger partial charge in [-0.25, -0.2) is 0 Å². The molecule has 0 saturated carbocycles. The summed E-state index contributed by atoms with van der Waals surface area (Å²) in [6, 6.07) is 0. The monoisotopic (exact) mass is 806 g/mol. The van der Waals surface area contributed by atoms with E-state index in [9.17, 15) is 34.8 Å². The van der Waals surface area contributed by atoms with Crippen LogP contribution in [-0.2, 0) is 23.8 Å². The van der Waals surface area contributed by atoms with Crippen LogP contribution in [0.2, 0.25) is 0 Å². The Balaban J connectivity index is 1.69. The van der Waals surface area contributed by atoms with Crippen molar-refractivity contribution in [3.05, 3.63) is 52.8 Å². The molecule has 4 aliphatic heterocycles. The molecule has 316 valence electrons. The number of aliphatic hydroxyl groups excluding tert-OH is 1. The number of amides is 1. The number of methoxy groups -OCH3 is 1. The lowest BCUT2D eigenvalue weighted by molar-refractivity contribution is -0.159. The normalized spacial score (nSPS) is 31.1. The summed E-state index contributed by atoms with van der Waals surface area (Å²) in [4.78, 5) is 42.6. The molecule has 15 nitrogen and oxygen atoms in total. The molecule has 58 heavy (non-hydrogen) atoms. The number of esters is 1. The Morgan fingerprint density at radius 1 is 1.00 bits per heavy atom. The summed E-state index contributed by atoms with van der Waals surface area (Å²) in [5.41, 5.74) is -0.149. The zero-order valence-corrected chi connectivity index (χ0v) is 35.0. The molecule has 6 rings (SSSR count). The highest BCUT2D eigenvalue weighted by Gasteiger charge is 2.50. The minimum Gasteiger partial charge on any atom is -0.507 e. The molecule has 4 heterocycles. The van der Waals surface area contributed by atoms with E-state index in [1.54, 1.807) is 30.2 Å². The van der Waals surface area contributed by atoms with Crippen molar-refractivity contribution in [3.63, 3.8) is 0 Å². The van der Waals surface area contributed by atoms with Crippen molar-refractivity contribution < 1.29 is 53.8 Å². The summed E-state index contributed by atoms with van der Waals surface area (Å²) in [5, 5.41) is 55.6. The SMILES string of the molecule is CO[C@@H]1/C=C/O[C@@]2(C)Oc3c(C)c(O)c4c(O)c(c(/C=N\N5CCN(C)CC5)c(O)c4c3C2=O)NC(=O)/C(C)=C\C=C\[C@H](C)C[C@H](C)[C@H](O)[C@H](C)[C@H](OC(C)=O)[C@H]1C. The molecule has 0 radical (unpaired) electrons. The zero-order chi connectivity index (χ0) is 42.8. The van der Waals surface area contributed by atoms with E-state index < -0.39 is 70.8 Å². The highest BCUT2D eigenvalue weighted by atomic mass is 16.7. The molecule has 15 heteroatoms. The van der Waals surface area contributed by atoms with Crippen molar-refractivity contribution in [1.29, 1.82) is 0 Å². The molecular weight excluding hydrogens is 748 g/mol. The third-order valence-corrected chi connectivity index (χ3v) is 11.6. The molecule has 5 N–H and O–H groups in total. The second kappa shape index (κ2) is 17.8. The number of hydrogen-bond donors (Lipinski definition) is 5. The third kappa shape index (κ3) is 8.81. The second-order valence-electron chi connectivity index (χ2n) is 16.1. The van der Waals surface area contributed by atoms with Crippen LogP contribution < -0.4 is 10.1 Å². The summed E-state index contributed by atoms with van der Waals surface area (Å²) >= 11 is 0. The number of ether oxygens (including phenoxy) is 4. The zero-order valence-electron chi connectivity index (χ0n) is 35.0. The number of nitrogens with zero attached hydrogens (tertiary/aromatic N) is 3. The van der Waals surface area contributed by atoms with Gasteiger partial charge in [-0.15, -0.1) is 0 Å². The molecule has 1 saturated heterocycles. The van der Waals surface area contributed by atoms with Crippen LogP contribution in [0.5, 0.6) is 23.0 Å². The smallest absolute Gasteiger partial charge is 0.312 e. The molecule has 0 aliphatic carbocycles. The number of aromatic hydroxyl groups is 3. The fourth-order valence-electron chi connectivity index (χ4n) is 7.99. The number of rotatable bonds is 4. The number of carbonyl (C=O) groups is 3. The number of hydrazone groups is 1. The van der Waals surface area contributed by atoms with E-state index in [0.29, 0.717) is 19.5 Å². The van der Waals surface area contributed by atoms with Crippen molar-refractivity contribution in [2.75, 3.05) is 45.7 Å². The summed E-state index contributed by atoms with van der Waals surface area (Å²) in [6.45, 7) is 15.9. The van der Waals surface area contributed by atoms with Gasteiger partial charge in [0.15, 0.2) is 5.75 Å². The van der Waals surface area contributed by atoms with Gasteiger partial charge in [-0.3, -0.25) is 19.4 Å². The number of piperazine rings is 1. The van der Waals surface area contributed by atoms with Gasteiger partial charge in [-0.1, -0.05) is 45.9 Å². The lowest BCUT2D eigenvalue weighted by Gasteiger charge is -2.36. The maximum atomic E-state index is 14.4. The lowest BCUT2D eigenvalue weighted by atomic mass is 9.79. The Morgan fingerprint density at radius 3 is 2.31 bits per heavy atom. The van der Waals surface area contributed by atoms with Crippen molar-refractivity contribution in [1.82, 2.24) is 9.91 Å². The molecule has 8 atom stereocenters. The van der Waals surface area contributed by atoms with Crippen LogP contribution >= 0.6 is 0 Å². The summed E-state index contributed by atoms with van der Waals surface area (Å²) in [6.07, 6.45) is 7.55. The first-order valence-corrected chi connectivity index (χ1v) is 19.7. The summed E-state index contributed by atoms with van der Waals surface area (Å²) < 4.78 is 23.7. The number of anilines is 1. The van der Waals surface area contributed by atoms with Crippen LogP contribution in [0.15, 0.2) is 41.2 Å². The number of benzene rings is 2. The number of aliphatic hydroxyl groups is 1. The Bertz CT molecular complexity index is 2040. The minimum absolute atomic E-state index is 0.0243. The van der Waals surface area contributed by atoms with Crippen LogP contribution in [0, 0.1) is 30.6 Å². The number of phenolic OH excluding ortho intramolecular Hbond substituents is 3. The van der Waals surface area contributed by atoms with Crippen LogP contribution in [0.3, 0.4) is 0 Å². The average molecular weight is 807 g/mol. The number of likely N-dealkylation sites (N-methyl/N-ethyl adjacent to an activating group) is 1. The standard InChI is InChI=1S/C43H58N4O11/c1-22-12-11-13-23(2)42(54)45-34-29(21-44-47-17-15-46(9)16-18-47)37(51)31-32(38(34)52)36(50)27(6)40-33(31)41(53)43(8,58-40)56-19-14-30(55-10)25(4)39(57-28(7)48)26(5)35(49)24(3)20-22/h11-14,19,21-22,24-26,30,35,39,49-52H,15-18,20H2,1-10H3,(H,45,54)/b12-11+,19-14+,23-13-,44-21-/t22-,24-,25-,26-,30+,35-,39+,43-/m0/s1. The Labute approximate surface area is 339 Å². The Hall–Kier alpha value is -5.12. The van der Waals surface area contributed by atoms with Gasteiger partial charge < -0.3 is 49.6 Å². The summed E-state index contributed by atoms with van der Waals surface area (Å²) in [5.74, 6) is -6.83. The first kappa shape index (κ1) is 44.0. The van der Waals surface area contributed by atoms with E-state index in [1.165, 1.54) is 40.4 Å². The number of allylic oxidation sites excluding steroid dienone is 3. The number of carbonyl (C=O) groups excluding carboxylic acids is 3. The number of hydrogen-bond acceptors (Lipinski definition) is 14. The third-order valence-electron chi connectivity index (χ3n) is 11.6. The van der Waals surface area contributed by atoms with E-state index >= 15 is 0 Å². The van der Waals surface area contributed by atoms with Crippen LogP contribution in [-0.4, -0.2) is 119 Å². The molecule has 1 fully saturated rings. The number of ketones is 1. The molecule has 4 aliphatic rings. The maximum absolute atomic E-state index is 14.4. The van der Waals surface area contributed by atoms with Gasteiger partial charge in [0.1, 0.15) is 23.4 Å². The van der Waals surface area contributed by atoms with E-state index in [1.807, 2.05) is 40.8 Å². The van der Waals surface area contributed by atoms with Gasteiger partial charge in [0.05, 0.1) is 46.9 Å². The van der Waals surface area contributed by atoms with Crippen molar-refractivity contribution >= 4 is 40.3 Å². The molecule has 2 aromatic rings. The van der Waals surface area contributed by atoms with E-state index in [4.69, 9.17) is 18.9 Å². The number of Topliss-reactive ketones (excluding diaryl/α,β-unsaturated/α-hetero) is 1. The second-order valence-corrected chi connectivity index (χ2v) is 16.1. The van der Waals surface area contributed by atoms with E-state index in [0.717, 1.165) is 13.1 Å². The number of nitrogens with one attached hydrogen (secondary N) is 1. The highest BCUT2D eigenvalue weighted by Crippen LogP contribution is 2.55. The summed E-state index contributed by atoms with van der Waals surface area (Å²) in [7, 11) is 3.47. The molecule has 1 amide bonds. The first-order valence-electron chi connectivity index (χ1n) is 19.7. The van der Waals surface area contributed by atoms with Crippen molar-refractivity contribution in [2.24, 2.45) is 28.8 Å². The lowest BCUT2D eigenvalue weighted by Crippen LogP contribution is -2.44. The number of fused-ring (bicyclic) bond motifs is 14. The highest BCUT2D eigenvalue weighted by molar-refractivity contribution is 6.23. The fourth-order valence-corrected chi connectivity index (χ4v) is 7.99. The topological polar surface area (TPSA) is 200 Å². The van der Waals surface area contributed by atoms with Crippen molar-refractivity contribution in [3.8, 4) is 23.0 Å². The van der Waals surface area contributed by atoms with Crippen molar-refractivity contribution in [2.45, 2.75) is 85.9 Å². The maximum Gasteiger partial charge on any atom is 0.312 e. The molecule has 5 bridgehead atoms. The van der Waals surface area contributed by atoms with Crippen LogP contribution in [0.25, 0.3) is 10.8 Å². The van der Waals surface area contributed by atoms with Crippen LogP contribution in [0.4, 0.5) is 5.69 Å². The molecular formula is C43H58N4O11. The Kier molecular flexibility index (Phi) is 13.5. The van der Waals surface area contributed by atoms with Gasteiger partial charge in [0, 0.05) is 75.5 Å². The predicted octanol–water partition coefficient (Wildman–Crippen LogP) is 5.36. The quantitative estimate of drug-likeness (QED) is 0.115. The molecule has 2 aromatic carbocycles. The van der Waals surface area contributed by atoms with Gasteiger partial charge in [-0.2, -0.15) is 5.10 Å². The molecule has 0 unspecified atom stereocenters. The average Bonchev–Trinajstić information content (AvgIpc) is 3.44. The predicted molar refractivity (Wildman–Crippen MR) is 219 cm³/mol. The van der Waals surface area contributed by atoms with Gasteiger partial charge in [0.2, 0.25) is 0 Å². The molecule has 0 aromatic heterocycles. The van der Waals surface area contributed by atoms with Gasteiger partial charge >= 0.3 is 11.8 Å². The minimum atomic E-state index is -2.01. The van der Waals surface area contributed by atoms with Gasteiger partial charge in [-0.05, 0) is 45.2 Å². The fraction of sp³-hybridized carbons (Fsp3) is 0.535. The number of phenols is 3. The van der Waals surface area contributed by atoms with E-state index in [-0.39, 0.29) is 56.3 Å².